The fraction of sp³-hybridized carbons (Fsp3) is 0.360. The Morgan fingerprint density at radius 2 is 1.87 bits per heavy atom. The predicted octanol–water partition coefficient (Wildman–Crippen LogP) is 5.69. The van der Waals surface area contributed by atoms with Gasteiger partial charge in [-0.05, 0) is 54.8 Å². The Morgan fingerprint density at radius 1 is 1.13 bits per heavy atom. The van der Waals surface area contributed by atoms with Crippen LogP contribution in [0.4, 0.5) is 0 Å². The van der Waals surface area contributed by atoms with E-state index in [0.717, 1.165) is 28.4 Å². The summed E-state index contributed by atoms with van der Waals surface area (Å²) in [4.78, 5) is 13.1. The third kappa shape index (κ3) is 3.99. The normalized spacial score (nSPS) is 18.7. The molecule has 0 radical (unpaired) electrons. The first-order valence-electron chi connectivity index (χ1n) is 10.4. The molecule has 3 aromatic rings. The number of allylic oxidation sites excluding steroid dienone is 1. The molecule has 0 fully saturated rings. The van der Waals surface area contributed by atoms with Crippen molar-refractivity contribution >= 4 is 17.2 Å². The van der Waals surface area contributed by atoms with Crippen LogP contribution in [0.5, 0.6) is 0 Å². The Kier molecular flexibility index (Phi) is 5.41. The van der Waals surface area contributed by atoms with Crippen molar-refractivity contribution in [1.29, 1.82) is 0 Å². The van der Waals surface area contributed by atoms with Crippen molar-refractivity contribution in [1.82, 2.24) is 15.1 Å². The van der Waals surface area contributed by atoms with Gasteiger partial charge in [-0.25, -0.2) is 4.68 Å². The van der Waals surface area contributed by atoms with Gasteiger partial charge in [-0.3, -0.25) is 4.79 Å². The minimum Gasteiger partial charge on any atom is -0.345 e. The zero-order valence-corrected chi connectivity index (χ0v) is 19.1. The quantitative estimate of drug-likeness (QED) is 0.552. The smallest absolute Gasteiger partial charge is 0.261 e. The number of aromatic nitrogens is 2. The summed E-state index contributed by atoms with van der Waals surface area (Å²) in [7, 11) is 0. The fourth-order valence-corrected chi connectivity index (χ4v) is 4.84. The molecule has 2 unspecified atom stereocenters. The Morgan fingerprint density at radius 3 is 2.50 bits per heavy atom. The lowest BCUT2D eigenvalue weighted by Crippen LogP contribution is -2.32. The SMILES string of the molecule is Cc1nn(-c2ccc(C(C)(C)C)cc2)c(C)c1C1C=CC(NC(=O)c2cccs2)C1. The highest BCUT2D eigenvalue weighted by atomic mass is 32.1. The van der Waals surface area contributed by atoms with E-state index < -0.39 is 0 Å². The van der Waals surface area contributed by atoms with Crippen LogP contribution in [0.2, 0.25) is 0 Å². The van der Waals surface area contributed by atoms with E-state index in [0.29, 0.717) is 0 Å². The maximum atomic E-state index is 12.4. The molecule has 0 aliphatic heterocycles. The predicted molar refractivity (Wildman–Crippen MR) is 124 cm³/mol. The number of hydrogen-bond acceptors (Lipinski definition) is 3. The van der Waals surface area contributed by atoms with E-state index in [4.69, 9.17) is 5.10 Å². The molecule has 1 aliphatic carbocycles. The first kappa shape index (κ1) is 20.6. The van der Waals surface area contributed by atoms with Crippen LogP contribution in [-0.2, 0) is 5.41 Å². The van der Waals surface area contributed by atoms with Gasteiger partial charge in [0.05, 0.1) is 16.3 Å². The van der Waals surface area contributed by atoms with Gasteiger partial charge in [0.1, 0.15) is 0 Å². The molecule has 2 aromatic heterocycles. The molecule has 0 bridgehead atoms. The molecule has 0 spiro atoms. The lowest BCUT2D eigenvalue weighted by molar-refractivity contribution is 0.0948. The van der Waals surface area contributed by atoms with Crippen LogP contribution in [0.1, 0.15) is 65.3 Å². The summed E-state index contributed by atoms with van der Waals surface area (Å²) < 4.78 is 2.04. The summed E-state index contributed by atoms with van der Waals surface area (Å²) in [5.74, 6) is 0.268. The van der Waals surface area contributed by atoms with Crippen molar-refractivity contribution < 1.29 is 4.79 Å². The van der Waals surface area contributed by atoms with Crippen molar-refractivity contribution in [2.45, 2.75) is 58.4 Å². The van der Waals surface area contributed by atoms with Gasteiger partial charge in [0.15, 0.2) is 0 Å². The monoisotopic (exact) mass is 419 g/mol. The van der Waals surface area contributed by atoms with Gasteiger partial charge < -0.3 is 5.32 Å². The molecule has 4 nitrogen and oxygen atoms in total. The summed E-state index contributed by atoms with van der Waals surface area (Å²) in [6.45, 7) is 10.9. The van der Waals surface area contributed by atoms with E-state index in [1.54, 1.807) is 0 Å². The van der Waals surface area contributed by atoms with Crippen molar-refractivity contribution in [2.24, 2.45) is 0 Å². The van der Waals surface area contributed by atoms with Crippen LogP contribution < -0.4 is 5.32 Å². The number of thiophene rings is 1. The van der Waals surface area contributed by atoms with E-state index in [1.807, 2.05) is 22.2 Å². The van der Waals surface area contributed by atoms with Crippen LogP contribution in [0.15, 0.2) is 53.9 Å². The summed E-state index contributed by atoms with van der Waals surface area (Å²) >= 11 is 1.47. The summed E-state index contributed by atoms with van der Waals surface area (Å²) in [5, 5.41) is 9.90. The number of carbonyl (C=O) groups is 1. The second-order valence-corrected chi connectivity index (χ2v) is 10.0. The third-order valence-corrected chi connectivity index (χ3v) is 6.71. The summed E-state index contributed by atoms with van der Waals surface area (Å²) in [5.41, 5.74) is 6.01. The van der Waals surface area contributed by atoms with E-state index in [-0.39, 0.29) is 23.3 Å². The molecule has 0 saturated carbocycles. The van der Waals surface area contributed by atoms with Gasteiger partial charge in [-0.15, -0.1) is 11.3 Å². The van der Waals surface area contributed by atoms with Crippen LogP contribution in [0.25, 0.3) is 5.69 Å². The first-order valence-corrected chi connectivity index (χ1v) is 11.3. The zero-order chi connectivity index (χ0) is 21.5. The molecule has 4 rings (SSSR count). The molecule has 1 N–H and O–H groups in total. The number of nitrogens with one attached hydrogen (secondary N) is 1. The van der Waals surface area contributed by atoms with Crippen molar-refractivity contribution in [3.05, 3.63) is 81.3 Å². The van der Waals surface area contributed by atoms with E-state index in [1.165, 1.54) is 22.5 Å². The Labute approximate surface area is 182 Å². The van der Waals surface area contributed by atoms with E-state index >= 15 is 0 Å². The third-order valence-electron chi connectivity index (χ3n) is 5.84. The van der Waals surface area contributed by atoms with Gasteiger partial charge in [0, 0.05) is 23.2 Å². The van der Waals surface area contributed by atoms with Crippen LogP contribution in [0, 0.1) is 13.8 Å². The topological polar surface area (TPSA) is 46.9 Å². The zero-order valence-electron chi connectivity index (χ0n) is 18.3. The summed E-state index contributed by atoms with van der Waals surface area (Å²) in [6, 6.07) is 12.5. The molecule has 30 heavy (non-hydrogen) atoms. The van der Waals surface area contributed by atoms with Crippen LogP contribution in [0.3, 0.4) is 0 Å². The Hall–Kier alpha value is -2.66. The molecule has 5 heteroatoms. The van der Waals surface area contributed by atoms with E-state index in [9.17, 15) is 4.79 Å². The highest BCUT2D eigenvalue weighted by Gasteiger charge is 2.27. The lowest BCUT2D eigenvalue weighted by atomic mass is 9.87. The highest BCUT2D eigenvalue weighted by Crippen LogP contribution is 2.34. The molecule has 2 atom stereocenters. The molecule has 156 valence electrons. The van der Waals surface area contributed by atoms with Crippen molar-refractivity contribution in [2.75, 3.05) is 0 Å². The summed E-state index contributed by atoms with van der Waals surface area (Å²) in [6.07, 6.45) is 5.20. The van der Waals surface area contributed by atoms with Crippen molar-refractivity contribution in [3.8, 4) is 5.69 Å². The number of rotatable bonds is 4. The maximum Gasteiger partial charge on any atom is 0.261 e. The molecule has 1 amide bonds. The number of aryl methyl sites for hydroxylation is 1. The second kappa shape index (κ2) is 7.88. The molecule has 1 aliphatic rings. The second-order valence-electron chi connectivity index (χ2n) is 9.08. The average molecular weight is 420 g/mol. The largest absolute Gasteiger partial charge is 0.345 e. The maximum absolute atomic E-state index is 12.4. The number of hydrogen-bond donors (Lipinski definition) is 1. The van der Waals surface area contributed by atoms with Crippen LogP contribution in [-0.4, -0.2) is 21.7 Å². The molecular weight excluding hydrogens is 390 g/mol. The standard InChI is InChI=1S/C25H29N3OS/c1-16-23(18-8-11-20(15-18)26-24(29)22-7-6-14-30-22)17(2)28(27-16)21-12-9-19(10-13-21)25(3,4)5/h6-14,18,20H,15H2,1-5H3,(H,26,29). The van der Waals surface area contributed by atoms with Crippen LogP contribution >= 0.6 is 11.3 Å². The average Bonchev–Trinajstić information content (AvgIpc) is 3.42. The number of amides is 1. The van der Waals surface area contributed by atoms with Gasteiger partial charge in [-0.2, -0.15) is 5.10 Å². The highest BCUT2D eigenvalue weighted by molar-refractivity contribution is 7.12. The molecular formula is C25H29N3OS. The van der Waals surface area contributed by atoms with Gasteiger partial charge >= 0.3 is 0 Å². The number of benzene rings is 1. The fourth-order valence-electron chi connectivity index (χ4n) is 4.21. The lowest BCUT2D eigenvalue weighted by Gasteiger charge is -2.19. The minimum absolute atomic E-state index is 0.00313. The van der Waals surface area contributed by atoms with Gasteiger partial charge in [0.2, 0.25) is 0 Å². The molecule has 0 saturated heterocycles. The Balaban J connectivity index is 1.52. The Bertz CT molecular complexity index is 1070. The van der Waals surface area contributed by atoms with Gasteiger partial charge in [0.25, 0.3) is 5.91 Å². The number of nitrogens with zero attached hydrogens (tertiary/aromatic N) is 2. The molecule has 2 heterocycles. The molecule has 1 aromatic carbocycles. The van der Waals surface area contributed by atoms with Crippen molar-refractivity contribution in [3.63, 3.8) is 0 Å². The van der Waals surface area contributed by atoms with Gasteiger partial charge in [-0.1, -0.05) is 51.1 Å². The first-order chi connectivity index (χ1) is 14.2. The number of carbonyl (C=O) groups excluding carboxylic acids is 1. The minimum atomic E-state index is 0.00313. The van der Waals surface area contributed by atoms with E-state index in [2.05, 4.69) is 76.4 Å².